The molecule has 1 fully saturated rings. The third-order valence-electron chi connectivity index (χ3n) is 6.61. The highest BCUT2D eigenvalue weighted by molar-refractivity contribution is 5.95. The predicted octanol–water partition coefficient (Wildman–Crippen LogP) is 3.26. The summed E-state index contributed by atoms with van der Waals surface area (Å²) in [6, 6.07) is 18.2. The predicted molar refractivity (Wildman–Crippen MR) is 150 cm³/mol. The molecule has 1 aliphatic heterocycles. The molecule has 0 bridgehead atoms. The van der Waals surface area contributed by atoms with Gasteiger partial charge in [0.2, 0.25) is 11.8 Å². The summed E-state index contributed by atoms with van der Waals surface area (Å²) in [5, 5.41) is 17.3. The first-order valence-electron chi connectivity index (χ1n) is 13.2. The van der Waals surface area contributed by atoms with Gasteiger partial charge in [0.1, 0.15) is 5.75 Å². The lowest BCUT2D eigenvalue weighted by Crippen LogP contribution is -2.45. The number of benzene rings is 2. The number of hydrogen-bond donors (Lipinski definition) is 3. The molecule has 2 heterocycles. The molecule has 0 spiro atoms. The Labute approximate surface area is 228 Å². The fraction of sp³-hybridized carbons (Fsp3) is 0.345. The second-order valence-electron chi connectivity index (χ2n) is 9.32. The van der Waals surface area contributed by atoms with Crippen molar-refractivity contribution in [2.75, 3.05) is 43.5 Å². The summed E-state index contributed by atoms with van der Waals surface area (Å²) in [7, 11) is 1.63. The average molecular weight is 531 g/mol. The number of methoxy groups -OCH3 is 1. The van der Waals surface area contributed by atoms with E-state index in [9.17, 15) is 14.4 Å². The molecule has 1 aliphatic rings. The van der Waals surface area contributed by atoms with Crippen LogP contribution in [0.15, 0.2) is 60.7 Å². The number of carbonyl (C=O) groups excluding carboxylic acids is 3. The maximum atomic E-state index is 12.8. The molecule has 0 saturated carbocycles. The average Bonchev–Trinajstić information content (AvgIpc) is 2.99. The second kappa shape index (κ2) is 13.4. The van der Waals surface area contributed by atoms with E-state index in [4.69, 9.17) is 4.74 Å². The number of nitrogens with one attached hydrogen (secondary N) is 3. The number of piperidine rings is 1. The largest absolute Gasteiger partial charge is 0.497 e. The van der Waals surface area contributed by atoms with Crippen molar-refractivity contribution in [3.63, 3.8) is 0 Å². The van der Waals surface area contributed by atoms with Crippen molar-refractivity contribution < 1.29 is 19.1 Å². The molecule has 39 heavy (non-hydrogen) atoms. The van der Waals surface area contributed by atoms with E-state index < -0.39 is 0 Å². The number of amides is 3. The summed E-state index contributed by atoms with van der Waals surface area (Å²) in [6.07, 6.45) is 2.07. The van der Waals surface area contributed by atoms with Crippen molar-refractivity contribution in [3.05, 3.63) is 66.2 Å². The van der Waals surface area contributed by atoms with Gasteiger partial charge in [0.05, 0.1) is 18.7 Å². The van der Waals surface area contributed by atoms with Gasteiger partial charge in [-0.3, -0.25) is 14.4 Å². The van der Waals surface area contributed by atoms with Gasteiger partial charge in [-0.25, -0.2) is 0 Å². The van der Waals surface area contributed by atoms with E-state index in [2.05, 4.69) is 31.0 Å². The Kier molecular flexibility index (Phi) is 9.44. The maximum absolute atomic E-state index is 12.8. The number of nitrogens with zero attached hydrogens (tertiary/aromatic N) is 3. The van der Waals surface area contributed by atoms with E-state index in [1.165, 1.54) is 0 Å². The monoisotopic (exact) mass is 530 g/mol. The Balaban J connectivity index is 1.21. The van der Waals surface area contributed by atoms with Gasteiger partial charge in [-0.1, -0.05) is 6.92 Å². The molecule has 10 nitrogen and oxygen atoms in total. The van der Waals surface area contributed by atoms with E-state index in [0.29, 0.717) is 37.3 Å². The lowest BCUT2D eigenvalue weighted by Gasteiger charge is -2.32. The summed E-state index contributed by atoms with van der Waals surface area (Å²) in [6.45, 7) is 3.81. The fourth-order valence-corrected chi connectivity index (χ4v) is 4.37. The normalized spacial score (nSPS) is 14.8. The first-order valence-corrected chi connectivity index (χ1v) is 13.2. The summed E-state index contributed by atoms with van der Waals surface area (Å²) in [5.74, 6) is 1.01. The SMILES string of the molecule is CCC(=O)Nc1ccc(C(=O)NCCNC(=O)C2CCCN(c3ccc(-c4ccc(OC)cc4)nn3)C2)cc1. The van der Waals surface area contributed by atoms with Crippen LogP contribution in [-0.2, 0) is 9.59 Å². The molecule has 10 heteroatoms. The quantitative estimate of drug-likeness (QED) is 0.344. The zero-order valence-electron chi connectivity index (χ0n) is 22.3. The Morgan fingerprint density at radius 2 is 1.69 bits per heavy atom. The van der Waals surface area contributed by atoms with E-state index in [0.717, 1.165) is 42.2 Å². The van der Waals surface area contributed by atoms with Gasteiger partial charge in [-0.05, 0) is 73.5 Å². The molecule has 0 aliphatic carbocycles. The van der Waals surface area contributed by atoms with Gasteiger partial charge in [-0.15, -0.1) is 10.2 Å². The summed E-state index contributed by atoms with van der Waals surface area (Å²) >= 11 is 0. The molecule has 0 radical (unpaired) electrons. The third-order valence-corrected chi connectivity index (χ3v) is 6.61. The van der Waals surface area contributed by atoms with E-state index in [-0.39, 0.29) is 23.6 Å². The number of aromatic nitrogens is 2. The summed E-state index contributed by atoms with van der Waals surface area (Å²) < 4.78 is 5.20. The third kappa shape index (κ3) is 7.53. The topological polar surface area (TPSA) is 126 Å². The molecule has 1 atom stereocenters. The van der Waals surface area contributed by atoms with Crippen molar-refractivity contribution in [3.8, 4) is 17.0 Å². The van der Waals surface area contributed by atoms with Gasteiger partial charge in [0.15, 0.2) is 5.82 Å². The minimum Gasteiger partial charge on any atom is -0.497 e. The highest BCUT2D eigenvalue weighted by Gasteiger charge is 2.26. The van der Waals surface area contributed by atoms with Crippen molar-refractivity contribution in [2.24, 2.45) is 5.92 Å². The standard InChI is InChI=1S/C29H34N6O4/c1-3-27(36)32-23-10-6-21(7-11-23)28(37)30-16-17-31-29(38)22-5-4-18-35(19-22)26-15-14-25(33-34-26)20-8-12-24(39-2)13-9-20/h6-15,22H,3-5,16-19H2,1-2H3,(H,30,37)(H,31,38)(H,32,36). The number of carbonyl (C=O) groups is 3. The summed E-state index contributed by atoms with van der Waals surface area (Å²) in [5.41, 5.74) is 2.86. The molecule has 3 N–H and O–H groups in total. The molecule has 3 amide bonds. The molecule has 1 aromatic heterocycles. The molecular formula is C29H34N6O4. The van der Waals surface area contributed by atoms with Crippen molar-refractivity contribution >= 4 is 29.2 Å². The van der Waals surface area contributed by atoms with Crippen LogP contribution in [-0.4, -0.2) is 61.2 Å². The van der Waals surface area contributed by atoms with Crippen LogP contribution in [0.3, 0.4) is 0 Å². The molecular weight excluding hydrogens is 496 g/mol. The van der Waals surface area contributed by atoms with Crippen LogP contribution in [0, 0.1) is 5.92 Å². The Morgan fingerprint density at radius 3 is 2.36 bits per heavy atom. The fourth-order valence-electron chi connectivity index (χ4n) is 4.37. The maximum Gasteiger partial charge on any atom is 0.251 e. The summed E-state index contributed by atoms with van der Waals surface area (Å²) in [4.78, 5) is 38.8. The van der Waals surface area contributed by atoms with Crippen molar-refractivity contribution in [1.29, 1.82) is 0 Å². The molecule has 3 aromatic rings. The molecule has 204 valence electrons. The van der Waals surface area contributed by atoms with Crippen LogP contribution in [0.4, 0.5) is 11.5 Å². The second-order valence-corrected chi connectivity index (χ2v) is 9.32. The van der Waals surface area contributed by atoms with Crippen LogP contribution in [0.5, 0.6) is 5.75 Å². The Hall–Kier alpha value is -4.47. The van der Waals surface area contributed by atoms with Crippen molar-refractivity contribution in [2.45, 2.75) is 26.2 Å². The molecule has 2 aromatic carbocycles. The lowest BCUT2D eigenvalue weighted by atomic mass is 9.97. The Bertz CT molecular complexity index is 1260. The lowest BCUT2D eigenvalue weighted by molar-refractivity contribution is -0.125. The van der Waals surface area contributed by atoms with Crippen LogP contribution in [0.1, 0.15) is 36.5 Å². The first-order chi connectivity index (χ1) is 19.0. The van der Waals surface area contributed by atoms with E-state index >= 15 is 0 Å². The first kappa shape index (κ1) is 27.6. The van der Waals surface area contributed by atoms with Crippen LogP contribution < -0.4 is 25.6 Å². The Morgan fingerprint density at radius 1 is 0.949 bits per heavy atom. The van der Waals surface area contributed by atoms with E-state index in [1.54, 1.807) is 38.3 Å². The molecule has 1 saturated heterocycles. The minimum atomic E-state index is -0.238. The van der Waals surface area contributed by atoms with Gasteiger partial charge in [-0.2, -0.15) is 0 Å². The number of ether oxygens (including phenoxy) is 1. The zero-order valence-corrected chi connectivity index (χ0v) is 22.3. The van der Waals surface area contributed by atoms with Crippen molar-refractivity contribution in [1.82, 2.24) is 20.8 Å². The van der Waals surface area contributed by atoms with Gasteiger partial charge >= 0.3 is 0 Å². The van der Waals surface area contributed by atoms with E-state index in [1.807, 2.05) is 36.4 Å². The van der Waals surface area contributed by atoms with Crippen LogP contribution in [0.25, 0.3) is 11.3 Å². The highest BCUT2D eigenvalue weighted by atomic mass is 16.5. The van der Waals surface area contributed by atoms with Gasteiger partial charge < -0.3 is 25.6 Å². The number of rotatable bonds is 10. The highest BCUT2D eigenvalue weighted by Crippen LogP contribution is 2.24. The van der Waals surface area contributed by atoms with Gasteiger partial charge in [0, 0.05) is 49.4 Å². The zero-order chi connectivity index (χ0) is 27.6. The van der Waals surface area contributed by atoms with Crippen LogP contribution in [0.2, 0.25) is 0 Å². The minimum absolute atomic E-state index is 0.0345. The van der Waals surface area contributed by atoms with Crippen LogP contribution >= 0.6 is 0 Å². The van der Waals surface area contributed by atoms with Gasteiger partial charge in [0.25, 0.3) is 5.91 Å². The number of anilines is 2. The smallest absolute Gasteiger partial charge is 0.251 e. The number of hydrogen-bond acceptors (Lipinski definition) is 7. The molecule has 1 unspecified atom stereocenters. The molecule has 4 rings (SSSR count).